The summed E-state index contributed by atoms with van der Waals surface area (Å²) in [7, 11) is 0. The first-order chi connectivity index (χ1) is 12.4. The van der Waals surface area contributed by atoms with E-state index in [-0.39, 0.29) is 11.6 Å². The lowest BCUT2D eigenvalue weighted by atomic mass is 10.1. The van der Waals surface area contributed by atoms with Gasteiger partial charge < -0.3 is 10.6 Å². The number of rotatable bonds is 4. The molecule has 132 valence electrons. The Morgan fingerprint density at radius 3 is 2.50 bits per heavy atom. The average Bonchev–Trinajstić information content (AvgIpc) is 2.58. The van der Waals surface area contributed by atoms with Gasteiger partial charge in [0.05, 0.1) is 0 Å². The van der Waals surface area contributed by atoms with E-state index in [2.05, 4.69) is 20.6 Å². The first-order valence-corrected chi connectivity index (χ1v) is 8.62. The highest BCUT2D eigenvalue weighted by molar-refractivity contribution is 6.35. The fraction of sp³-hybridized carbons (Fsp3) is 0.105. The van der Waals surface area contributed by atoms with Gasteiger partial charge in [-0.15, -0.1) is 0 Å². The zero-order valence-electron chi connectivity index (χ0n) is 14.2. The topological polar surface area (TPSA) is 66.9 Å². The van der Waals surface area contributed by atoms with E-state index in [9.17, 15) is 4.79 Å². The molecule has 0 aliphatic carbocycles. The lowest BCUT2D eigenvalue weighted by Crippen LogP contribution is -2.15. The fourth-order valence-electron chi connectivity index (χ4n) is 2.37. The molecule has 3 aromatic rings. The molecule has 0 atom stereocenters. The second-order valence-corrected chi connectivity index (χ2v) is 6.62. The molecule has 0 aliphatic rings. The number of halogens is 2. The van der Waals surface area contributed by atoms with Crippen LogP contribution >= 0.6 is 23.2 Å². The van der Waals surface area contributed by atoms with Gasteiger partial charge in [-0.2, -0.15) is 0 Å². The summed E-state index contributed by atoms with van der Waals surface area (Å²) in [5.74, 6) is -0.0368. The van der Waals surface area contributed by atoms with Crippen molar-refractivity contribution in [1.82, 2.24) is 9.97 Å². The van der Waals surface area contributed by atoms with Crippen LogP contribution in [0.25, 0.3) is 0 Å². The highest BCUT2D eigenvalue weighted by Crippen LogP contribution is 2.23. The minimum Gasteiger partial charge on any atom is -0.324 e. The number of nitrogens with one attached hydrogen (secondary N) is 2. The van der Waals surface area contributed by atoms with Crippen LogP contribution in [0.5, 0.6) is 0 Å². The van der Waals surface area contributed by atoms with Gasteiger partial charge in [0.2, 0.25) is 5.95 Å². The number of amides is 1. The fourth-order valence-corrected chi connectivity index (χ4v) is 2.90. The predicted molar refractivity (Wildman–Crippen MR) is 106 cm³/mol. The van der Waals surface area contributed by atoms with Crippen molar-refractivity contribution < 1.29 is 4.79 Å². The number of hydrogen-bond acceptors (Lipinski definition) is 4. The summed E-state index contributed by atoms with van der Waals surface area (Å²) in [5.41, 5.74) is 3.87. The lowest BCUT2D eigenvalue weighted by molar-refractivity contribution is 0.102. The molecule has 0 spiro atoms. The van der Waals surface area contributed by atoms with Gasteiger partial charge in [-0.25, -0.2) is 9.97 Å². The SMILES string of the molecule is Cc1cccc(Nc2nccc(C(=O)Nc3cc(Cl)cc(Cl)c3)n2)c1C. The Labute approximate surface area is 161 Å². The molecule has 1 amide bonds. The summed E-state index contributed by atoms with van der Waals surface area (Å²) < 4.78 is 0. The zero-order chi connectivity index (χ0) is 18.7. The number of aromatic nitrogens is 2. The van der Waals surface area contributed by atoms with E-state index in [1.165, 1.54) is 12.3 Å². The molecule has 1 aromatic heterocycles. The Balaban J connectivity index is 1.80. The average molecular weight is 387 g/mol. The molecule has 0 aliphatic heterocycles. The normalized spacial score (nSPS) is 10.5. The van der Waals surface area contributed by atoms with Crippen LogP contribution in [-0.4, -0.2) is 15.9 Å². The van der Waals surface area contributed by atoms with E-state index < -0.39 is 0 Å². The van der Waals surface area contributed by atoms with Crippen LogP contribution in [0.2, 0.25) is 10.0 Å². The molecule has 0 fully saturated rings. The summed E-state index contributed by atoms with van der Waals surface area (Å²) in [4.78, 5) is 20.9. The Morgan fingerprint density at radius 2 is 1.77 bits per heavy atom. The van der Waals surface area contributed by atoms with Crippen LogP contribution in [0.3, 0.4) is 0 Å². The van der Waals surface area contributed by atoms with Crippen LogP contribution in [0.15, 0.2) is 48.7 Å². The van der Waals surface area contributed by atoms with Crippen molar-refractivity contribution in [3.8, 4) is 0 Å². The van der Waals surface area contributed by atoms with E-state index in [4.69, 9.17) is 23.2 Å². The molecule has 3 rings (SSSR count). The Morgan fingerprint density at radius 1 is 1.04 bits per heavy atom. The summed E-state index contributed by atoms with van der Waals surface area (Å²) >= 11 is 11.9. The minimum atomic E-state index is -0.380. The van der Waals surface area contributed by atoms with Crippen molar-refractivity contribution in [3.05, 3.63) is 75.5 Å². The van der Waals surface area contributed by atoms with Crippen LogP contribution in [0, 0.1) is 13.8 Å². The molecule has 1 heterocycles. The molecule has 0 saturated heterocycles. The number of aryl methyl sites for hydroxylation is 1. The van der Waals surface area contributed by atoms with Crippen molar-refractivity contribution in [1.29, 1.82) is 0 Å². The van der Waals surface area contributed by atoms with Crippen molar-refractivity contribution >= 4 is 46.4 Å². The van der Waals surface area contributed by atoms with Crippen LogP contribution in [0.1, 0.15) is 21.6 Å². The van der Waals surface area contributed by atoms with Gasteiger partial charge in [-0.3, -0.25) is 4.79 Å². The van der Waals surface area contributed by atoms with Crippen LogP contribution < -0.4 is 10.6 Å². The molecular formula is C19H16Cl2N4O. The van der Waals surface area contributed by atoms with Crippen LogP contribution in [0.4, 0.5) is 17.3 Å². The summed E-state index contributed by atoms with van der Waals surface area (Å²) in [6, 6.07) is 12.3. The number of benzene rings is 2. The number of carbonyl (C=O) groups excluding carboxylic acids is 1. The molecule has 0 unspecified atom stereocenters. The molecule has 7 heteroatoms. The summed E-state index contributed by atoms with van der Waals surface area (Å²) in [6.45, 7) is 4.04. The van der Waals surface area contributed by atoms with Crippen molar-refractivity contribution in [2.45, 2.75) is 13.8 Å². The maximum Gasteiger partial charge on any atom is 0.274 e. The van der Waals surface area contributed by atoms with Gasteiger partial charge in [0, 0.05) is 27.6 Å². The van der Waals surface area contributed by atoms with E-state index in [1.54, 1.807) is 18.2 Å². The number of nitrogens with zero attached hydrogens (tertiary/aromatic N) is 2. The van der Waals surface area contributed by atoms with E-state index in [1.807, 2.05) is 32.0 Å². The predicted octanol–water partition coefficient (Wildman–Crippen LogP) is 5.40. The summed E-state index contributed by atoms with van der Waals surface area (Å²) in [5, 5.41) is 6.75. The molecule has 2 N–H and O–H groups in total. The Bertz CT molecular complexity index is 955. The van der Waals surface area contributed by atoms with Gasteiger partial charge in [0.1, 0.15) is 5.69 Å². The second kappa shape index (κ2) is 7.72. The minimum absolute atomic E-state index is 0.226. The maximum atomic E-state index is 12.4. The van der Waals surface area contributed by atoms with Gasteiger partial charge in [0.15, 0.2) is 0 Å². The Hall–Kier alpha value is -2.63. The molecule has 5 nitrogen and oxygen atoms in total. The first-order valence-electron chi connectivity index (χ1n) is 7.86. The van der Waals surface area contributed by atoms with Crippen LogP contribution in [-0.2, 0) is 0 Å². The quantitative estimate of drug-likeness (QED) is 0.629. The smallest absolute Gasteiger partial charge is 0.274 e. The van der Waals surface area contributed by atoms with Gasteiger partial charge in [0.25, 0.3) is 5.91 Å². The van der Waals surface area contributed by atoms with Crippen molar-refractivity contribution in [2.24, 2.45) is 0 Å². The summed E-state index contributed by atoms with van der Waals surface area (Å²) in [6.07, 6.45) is 1.53. The second-order valence-electron chi connectivity index (χ2n) is 5.75. The number of hydrogen-bond donors (Lipinski definition) is 2. The molecular weight excluding hydrogens is 371 g/mol. The zero-order valence-corrected chi connectivity index (χ0v) is 15.7. The van der Waals surface area contributed by atoms with E-state index in [0.29, 0.717) is 21.7 Å². The molecule has 0 radical (unpaired) electrons. The standard InChI is InChI=1S/C19H16Cl2N4O/c1-11-4-3-5-16(12(11)2)24-19-22-7-6-17(25-19)18(26)23-15-9-13(20)8-14(21)10-15/h3-10H,1-2H3,(H,23,26)(H,22,24,25). The Kier molecular flexibility index (Phi) is 5.40. The first kappa shape index (κ1) is 18.2. The third-order valence-corrected chi connectivity index (χ3v) is 4.30. The highest BCUT2D eigenvalue weighted by atomic mass is 35.5. The maximum absolute atomic E-state index is 12.4. The van der Waals surface area contributed by atoms with Crippen molar-refractivity contribution in [3.63, 3.8) is 0 Å². The molecule has 0 saturated carbocycles. The molecule has 26 heavy (non-hydrogen) atoms. The van der Waals surface area contributed by atoms with Gasteiger partial charge in [-0.1, -0.05) is 35.3 Å². The van der Waals surface area contributed by atoms with E-state index >= 15 is 0 Å². The van der Waals surface area contributed by atoms with Gasteiger partial charge in [-0.05, 0) is 55.3 Å². The van der Waals surface area contributed by atoms with Crippen molar-refractivity contribution in [2.75, 3.05) is 10.6 Å². The largest absolute Gasteiger partial charge is 0.324 e. The molecule has 2 aromatic carbocycles. The molecule has 0 bridgehead atoms. The lowest BCUT2D eigenvalue weighted by Gasteiger charge is -2.11. The monoisotopic (exact) mass is 386 g/mol. The number of carbonyl (C=O) groups is 1. The third kappa shape index (κ3) is 4.31. The number of anilines is 3. The third-order valence-electron chi connectivity index (χ3n) is 3.86. The van der Waals surface area contributed by atoms with Gasteiger partial charge >= 0.3 is 0 Å². The van der Waals surface area contributed by atoms with E-state index in [0.717, 1.165) is 16.8 Å². The highest BCUT2D eigenvalue weighted by Gasteiger charge is 2.11.